The predicted octanol–water partition coefficient (Wildman–Crippen LogP) is 3.48. The van der Waals surface area contributed by atoms with Crippen LogP contribution in [0.15, 0.2) is 29.2 Å². The van der Waals surface area contributed by atoms with E-state index in [0.29, 0.717) is 0 Å². The van der Waals surface area contributed by atoms with Crippen LogP contribution in [-0.4, -0.2) is 12.3 Å². The summed E-state index contributed by atoms with van der Waals surface area (Å²) in [7, 11) is 0. The van der Waals surface area contributed by atoms with Gasteiger partial charge < -0.3 is 5.32 Å². The maximum Gasteiger partial charge on any atom is 0.0478 e. The van der Waals surface area contributed by atoms with Gasteiger partial charge in [0.1, 0.15) is 0 Å². The molecule has 0 amide bonds. The van der Waals surface area contributed by atoms with Gasteiger partial charge >= 0.3 is 0 Å². The van der Waals surface area contributed by atoms with Crippen LogP contribution in [0.5, 0.6) is 0 Å². The van der Waals surface area contributed by atoms with E-state index in [1.54, 1.807) is 0 Å². The Bertz CT molecular complexity index is 215. The monoisotopic (exact) mass is 183 g/mol. The fourth-order valence-corrected chi connectivity index (χ4v) is 1.98. The minimum absolute atomic E-state index is 0. The van der Waals surface area contributed by atoms with E-state index in [2.05, 4.69) is 29.6 Å². The molecule has 1 aromatic rings. The van der Waals surface area contributed by atoms with Crippen molar-refractivity contribution >= 4 is 17.4 Å². The maximum atomic E-state index is 3.34. The molecular weight excluding hydrogens is 166 g/mol. The maximum absolute atomic E-state index is 3.34. The molecule has 0 spiro atoms. The van der Waals surface area contributed by atoms with Crippen molar-refractivity contribution < 1.29 is 1.43 Å². The molecule has 2 rings (SSSR count). The van der Waals surface area contributed by atoms with Gasteiger partial charge in [0.15, 0.2) is 0 Å². The molecule has 1 nitrogen and oxygen atoms in total. The zero-order chi connectivity index (χ0) is 8.81. The Labute approximate surface area is 80.0 Å². The molecule has 0 aliphatic carbocycles. The summed E-state index contributed by atoms with van der Waals surface area (Å²) in [6.07, 6.45) is 0. The largest absolute Gasteiger partial charge is 0.383 e. The van der Waals surface area contributed by atoms with Gasteiger partial charge in [-0.25, -0.2) is 0 Å². The standard InChI is InChI=1S/C8H9NS.C2H6.H2/c1-2-4-8-7(3-1)9-5-6-10-8;1-2;/h1-4,9H,5-6H2;1-2H3;1H. The Balaban J connectivity index is 0.000000451. The average Bonchev–Trinajstić information content (AvgIpc) is 2.21. The van der Waals surface area contributed by atoms with Crippen molar-refractivity contribution in [2.45, 2.75) is 18.7 Å². The Morgan fingerprint density at radius 2 is 2.08 bits per heavy atom. The van der Waals surface area contributed by atoms with Crippen LogP contribution in [0, 0.1) is 0 Å². The Hall–Kier alpha value is -0.630. The normalized spacial score (nSPS) is 13.5. The first-order valence-electron chi connectivity index (χ1n) is 4.42. The number of hydrogen-bond donors (Lipinski definition) is 1. The first-order chi connectivity index (χ1) is 5.97. The molecule has 0 atom stereocenters. The third kappa shape index (κ3) is 2.18. The van der Waals surface area contributed by atoms with Gasteiger partial charge in [0, 0.05) is 24.3 Å². The molecule has 0 unspecified atom stereocenters. The van der Waals surface area contributed by atoms with Crippen LogP contribution in [0.25, 0.3) is 0 Å². The molecule has 12 heavy (non-hydrogen) atoms. The number of thioether (sulfide) groups is 1. The lowest BCUT2D eigenvalue weighted by Crippen LogP contribution is -2.09. The molecular formula is C10H17NS. The molecule has 2 heteroatoms. The molecule has 1 aliphatic heterocycles. The van der Waals surface area contributed by atoms with E-state index in [-0.39, 0.29) is 1.43 Å². The van der Waals surface area contributed by atoms with Crippen LogP contribution in [0.3, 0.4) is 0 Å². The van der Waals surface area contributed by atoms with Gasteiger partial charge in [-0.3, -0.25) is 0 Å². The van der Waals surface area contributed by atoms with Gasteiger partial charge in [-0.2, -0.15) is 0 Å². The summed E-state index contributed by atoms with van der Waals surface area (Å²) < 4.78 is 0. The van der Waals surface area contributed by atoms with E-state index in [4.69, 9.17) is 0 Å². The van der Waals surface area contributed by atoms with Crippen LogP contribution < -0.4 is 5.32 Å². The van der Waals surface area contributed by atoms with Gasteiger partial charge in [0.25, 0.3) is 0 Å². The highest BCUT2D eigenvalue weighted by atomic mass is 32.2. The molecule has 1 aromatic carbocycles. The second kappa shape index (κ2) is 5.09. The molecule has 0 bridgehead atoms. The van der Waals surface area contributed by atoms with E-state index in [9.17, 15) is 0 Å². The number of benzene rings is 1. The van der Waals surface area contributed by atoms with Crippen LogP contribution in [-0.2, 0) is 0 Å². The lowest BCUT2D eigenvalue weighted by molar-refractivity contribution is 1.17. The first-order valence-corrected chi connectivity index (χ1v) is 5.41. The minimum atomic E-state index is 0. The zero-order valence-electron chi connectivity index (χ0n) is 7.63. The Morgan fingerprint density at radius 1 is 1.33 bits per heavy atom. The van der Waals surface area contributed by atoms with Gasteiger partial charge in [0.05, 0.1) is 0 Å². The SMILES string of the molecule is CC.[HH].c1ccc2c(c1)NCCS2. The van der Waals surface area contributed by atoms with E-state index < -0.39 is 0 Å². The highest BCUT2D eigenvalue weighted by molar-refractivity contribution is 7.99. The predicted molar refractivity (Wildman–Crippen MR) is 59.1 cm³/mol. The number of hydrogen-bond acceptors (Lipinski definition) is 2. The van der Waals surface area contributed by atoms with Crippen molar-refractivity contribution in [2.24, 2.45) is 0 Å². The fourth-order valence-electron chi connectivity index (χ4n) is 1.09. The number of anilines is 1. The number of nitrogens with one attached hydrogen (secondary N) is 1. The van der Waals surface area contributed by atoms with E-state index in [1.165, 1.54) is 16.3 Å². The molecule has 1 heterocycles. The summed E-state index contributed by atoms with van der Waals surface area (Å²) in [5.41, 5.74) is 1.29. The molecule has 0 fully saturated rings. The van der Waals surface area contributed by atoms with Crippen LogP contribution in [0.4, 0.5) is 5.69 Å². The zero-order valence-corrected chi connectivity index (χ0v) is 8.45. The lowest BCUT2D eigenvalue weighted by Gasteiger charge is -2.16. The second-order valence-electron chi connectivity index (χ2n) is 2.27. The van der Waals surface area contributed by atoms with Gasteiger partial charge in [-0.15, -0.1) is 11.8 Å². The number of fused-ring (bicyclic) bond motifs is 1. The van der Waals surface area contributed by atoms with Crippen LogP contribution in [0.1, 0.15) is 15.3 Å². The second-order valence-corrected chi connectivity index (χ2v) is 3.41. The van der Waals surface area contributed by atoms with Crippen molar-refractivity contribution in [3.05, 3.63) is 24.3 Å². The molecule has 1 N–H and O–H groups in total. The van der Waals surface area contributed by atoms with Gasteiger partial charge in [-0.1, -0.05) is 26.0 Å². The quantitative estimate of drug-likeness (QED) is 0.661. The summed E-state index contributed by atoms with van der Waals surface area (Å²) in [5.74, 6) is 1.19. The van der Waals surface area contributed by atoms with Crippen LogP contribution >= 0.6 is 11.8 Å². The summed E-state index contributed by atoms with van der Waals surface area (Å²) >= 11 is 1.93. The van der Waals surface area contributed by atoms with E-state index in [1.807, 2.05) is 25.6 Å². The summed E-state index contributed by atoms with van der Waals surface area (Å²) in [5, 5.41) is 3.34. The van der Waals surface area contributed by atoms with Crippen molar-refractivity contribution in [2.75, 3.05) is 17.6 Å². The van der Waals surface area contributed by atoms with Crippen molar-refractivity contribution in [3.8, 4) is 0 Å². The van der Waals surface area contributed by atoms with Crippen molar-refractivity contribution in [1.29, 1.82) is 0 Å². The summed E-state index contributed by atoms with van der Waals surface area (Å²) in [6.45, 7) is 5.10. The number of para-hydroxylation sites is 1. The van der Waals surface area contributed by atoms with Crippen LogP contribution in [0.2, 0.25) is 0 Å². The number of rotatable bonds is 0. The fraction of sp³-hybridized carbons (Fsp3) is 0.400. The minimum Gasteiger partial charge on any atom is -0.383 e. The topological polar surface area (TPSA) is 12.0 Å². The summed E-state index contributed by atoms with van der Waals surface area (Å²) in [4.78, 5) is 1.38. The van der Waals surface area contributed by atoms with E-state index in [0.717, 1.165) is 6.54 Å². The Kier molecular flexibility index (Phi) is 4.01. The smallest absolute Gasteiger partial charge is 0.0478 e. The Morgan fingerprint density at radius 3 is 2.83 bits per heavy atom. The molecule has 0 saturated heterocycles. The summed E-state index contributed by atoms with van der Waals surface area (Å²) in [6, 6.07) is 8.43. The third-order valence-corrected chi connectivity index (χ3v) is 2.64. The van der Waals surface area contributed by atoms with Gasteiger partial charge in [-0.05, 0) is 12.1 Å². The first kappa shape index (κ1) is 9.46. The highest BCUT2D eigenvalue weighted by Gasteiger charge is 2.05. The van der Waals surface area contributed by atoms with Crippen molar-refractivity contribution in [3.63, 3.8) is 0 Å². The van der Waals surface area contributed by atoms with Crippen molar-refractivity contribution in [1.82, 2.24) is 0 Å². The van der Waals surface area contributed by atoms with E-state index >= 15 is 0 Å². The highest BCUT2D eigenvalue weighted by Crippen LogP contribution is 2.29. The van der Waals surface area contributed by atoms with Gasteiger partial charge in [0.2, 0.25) is 0 Å². The molecule has 0 aromatic heterocycles. The lowest BCUT2D eigenvalue weighted by atomic mass is 10.3. The third-order valence-electron chi connectivity index (χ3n) is 1.56. The molecule has 0 saturated carbocycles. The molecule has 68 valence electrons. The average molecular weight is 183 g/mol. The molecule has 0 radical (unpaired) electrons. The molecule has 1 aliphatic rings.